The van der Waals surface area contributed by atoms with E-state index in [1.165, 1.54) is 72.8 Å². The van der Waals surface area contributed by atoms with Gasteiger partial charge in [0, 0.05) is 12.8 Å². The molecule has 0 bridgehead atoms. The van der Waals surface area contributed by atoms with E-state index in [1.54, 1.807) is 0 Å². The lowest BCUT2D eigenvalue weighted by Crippen LogP contribution is -2.24. The molecular weight excluding hydrogens is 621 g/mol. The van der Waals surface area contributed by atoms with Crippen molar-refractivity contribution >= 4 is 29.0 Å². The molecule has 2 heterocycles. The van der Waals surface area contributed by atoms with Gasteiger partial charge in [-0.25, -0.2) is 19.9 Å². The number of hydrogen-bond acceptors (Lipinski definition) is 8. The van der Waals surface area contributed by atoms with Crippen molar-refractivity contribution in [2.75, 3.05) is 11.5 Å². The second kappa shape index (κ2) is 14.6. The third-order valence-electron chi connectivity index (χ3n) is 11.2. The fourth-order valence-electron chi connectivity index (χ4n) is 8.93. The number of nitrogen functional groups attached to an aromatic ring is 2. The average Bonchev–Trinajstić information content (AvgIpc) is 3.11. The molecule has 4 N–H and O–H groups in total. The van der Waals surface area contributed by atoms with Crippen molar-refractivity contribution in [3.63, 3.8) is 0 Å². The number of fused-ring (bicyclic) bond motifs is 2. The Morgan fingerprint density at radius 2 is 1.10 bits per heavy atom. The van der Waals surface area contributed by atoms with Crippen LogP contribution in [0.4, 0.5) is 11.9 Å². The van der Waals surface area contributed by atoms with E-state index in [4.69, 9.17) is 11.5 Å². The smallest absolute Gasteiger partial charge is 0.220 e. The Labute approximate surface area is 295 Å². The average molecular weight is 669 g/mol. The van der Waals surface area contributed by atoms with Crippen LogP contribution in [-0.2, 0) is 12.8 Å². The Morgan fingerprint density at radius 3 is 1.66 bits per heavy atom. The van der Waals surface area contributed by atoms with Gasteiger partial charge in [0.05, 0.1) is 33.9 Å². The van der Waals surface area contributed by atoms with Crippen molar-refractivity contribution in [1.82, 2.24) is 19.9 Å². The number of allylic oxidation sites excluding steroid dienone is 2. The van der Waals surface area contributed by atoms with E-state index in [2.05, 4.69) is 74.5 Å². The van der Waals surface area contributed by atoms with Gasteiger partial charge in [-0.1, -0.05) is 73.9 Å². The number of Topliss-reactive ketones (excluding diaryl/α,β-unsaturated/α-hetero) is 2. The van der Waals surface area contributed by atoms with Crippen LogP contribution in [-0.4, -0.2) is 31.5 Å². The summed E-state index contributed by atoms with van der Waals surface area (Å²) >= 11 is 0. The highest BCUT2D eigenvalue weighted by Crippen LogP contribution is 2.41. The maximum Gasteiger partial charge on any atom is 0.220 e. The van der Waals surface area contributed by atoms with Crippen molar-refractivity contribution < 1.29 is 9.59 Å². The molecule has 0 saturated heterocycles. The molecule has 4 aliphatic carbocycles. The van der Waals surface area contributed by atoms with Crippen LogP contribution in [0.3, 0.4) is 0 Å². The van der Waals surface area contributed by atoms with Gasteiger partial charge in [-0.2, -0.15) is 0 Å². The molecule has 0 amide bonds. The molecule has 2 atom stereocenters. The zero-order valence-corrected chi connectivity index (χ0v) is 29.4. The molecule has 0 spiro atoms. The van der Waals surface area contributed by atoms with Gasteiger partial charge < -0.3 is 11.5 Å². The second-order valence-corrected chi connectivity index (χ2v) is 14.6. The van der Waals surface area contributed by atoms with E-state index >= 15 is 0 Å². The third kappa shape index (κ3) is 6.98. The van der Waals surface area contributed by atoms with Gasteiger partial charge in [0.1, 0.15) is 0 Å². The van der Waals surface area contributed by atoms with Crippen molar-refractivity contribution in [3.05, 3.63) is 111 Å². The minimum atomic E-state index is 0.135. The van der Waals surface area contributed by atoms with Crippen LogP contribution in [0.25, 0.3) is 5.57 Å². The highest BCUT2D eigenvalue weighted by molar-refractivity contribution is 6.00. The molecule has 0 aliphatic heterocycles. The Bertz CT molecular complexity index is 1960. The Morgan fingerprint density at radius 1 is 0.580 bits per heavy atom. The van der Waals surface area contributed by atoms with E-state index in [0.29, 0.717) is 41.3 Å². The van der Waals surface area contributed by atoms with Crippen molar-refractivity contribution in [2.24, 2.45) is 0 Å². The molecule has 2 unspecified atom stereocenters. The maximum atomic E-state index is 12.8. The van der Waals surface area contributed by atoms with E-state index in [1.807, 2.05) is 13.8 Å². The lowest BCUT2D eigenvalue weighted by Gasteiger charge is -2.30. The zero-order chi connectivity index (χ0) is 34.8. The Kier molecular flexibility index (Phi) is 9.88. The first kappa shape index (κ1) is 33.8. The molecule has 258 valence electrons. The molecule has 50 heavy (non-hydrogen) atoms. The van der Waals surface area contributed by atoms with Gasteiger partial charge in [-0.3, -0.25) is 9.59 Å². The summed E-state index contributed by atoms with van der Waals surface area (Å²) in [6.07, 6.45) is 16.3. The lowest BCUT2D eigenvalue weighted by atomic mass is 9.75. The standard InChI is InChI=1S/C21H25N3O.C21H23N3O/c2*1-13-20-18(24-21(22)23-13)11-15(12-19(20)25)17-10-6-5-9-16(17)14-7-3-2-4-8-14/h5-6,9-10,14-15H,2-4,7-8,11-12H2,1H3,(H2,22,23,24);5-7,9-10,15H,2-4,8,11-12H2,1H3,(H2,22,23,24). The predicted molar refractivity (Wildman–Crippen MR) is 198 cm³/mol. The highest BCUT2D eigenvalue weighted by atomic mass is 16.1. The van der Waals surface area contributed by atoms with Crippen molar-refractivity contribution in [1.29, 1.82) is 0 Å². The topological polar surface area (TPSA) is 138 Å². The van der Waals surface area contributed by atoms with Gasteiger partial charge in [0.2, 0.25) is 11.9 Å². The van der Waals surface area contributed by atoms with Crippen LogP contribution in [0.1, 0.15) is 154 Å². The van der Waals surface area contributed by atoms with Crippen LogP contribution in [0.5, 0.6) is 0 Å². The minimum absolute atomic E-state index is 0.135. The van der Waals surface area contributed by atoms with Gasteiger partial charge in [-0.15, -0.1) is 0 Å². The number of rotatable bonds is 4. The molecule has 2 aromatic carbocycles. The number of ketones is 2. The summed E-state index contributed by atoms with van der Waals surface area (Å²) in [5, 5.41) is 0. The molecule has 0 radical (unpaired) electrons. The molecular formula is C42H48N6O2. The summed E-state index contributed by atoms with van der Waals surface area (Å²) in [6.45, 7) is 3.70. The minimum Gasteiger partial charge on any atom is -0.368 e. The maximum absolute atomic E-state index is 12.8. The largest absolute Gasteiger partial charge is 0.368 e. The lowest BCUT2D eigenvalue weighted by molar-refractivity contribution is 0.0953. The Balaban J connectivity index is 0.000000157. The van der Waals surface area contributed by atoms with Crippen molar-refractivity contribution in [3.8, 4) is 0 Å². The number of aryl methyl sites for hydroxylation is 2. The van der Waals surface area contributed by atoms with E-state index in [-0.39, 0.29) is 35.3 Å². The van der Waals surface area contributed by atoms with Crippen LogP contribution >= 0.6 is 0 Å². The van der Waals surface area contributed by atoms with E-state index in [9.17, 15) is 9.59 Å². The van der Waals surface area contributed by atoms with Gasteiger partial charge in [0.25, 0.3) is 0 Å². The summed E-state index contributed by atoms with van der Waals surface area (Å²) in [4.78, 5) is 42.6. The van der Waals surface area contributed by atoms with Crippen LogP contribution in [0, 0.1) is 13.8 Å². The fraction of sp³-hybridized carbons (Fsp3) is 0.429. The molecule has 8 nitrogen and oxygen atoms in total. The summed E-state index contributed by atoms with van der Waals surface area (Å²) in [5.41, 5.74) is 22.9. The van der Waals surface area contributed by atoms with Crippen molar-refractivity contribution in [2.45, 2.75) is 115 Å². The number of benzene rings is 2. The first-order valence-corrected chi connectivity index (χ1v) is 18.5. The first-order chi connectivity index (χ1) is 24.3. The number of nitrogens with two attached hydrogens (primary N) is 2. The molecule has 1 saturated carbocycles. The summed E-state index contributed by atoms with van der Waals surface area (Å²) in [6, 6.07) is 17.3. The monoisotopic (exact) mass is 668 g/mol. The number of anilines is 2. The third-order valence-corrected chi connectivity index (χ3v) is 11.2. The highest BCUT2D eigenvalue weighted by Gasteiger charge is 2.33. The van der Waals surface area contributed by atoms with Crippen LogP contribution < -0.4 is 11.5 Å². The molecule has 2 aromatic heterocycles. The number of hydrogen-bond donors (Lipinski definition) is 2. The summed E-state index contributed by atoms with van der Waals surface area (Å²) in [5.74, 6) is 1.81. The molecule has 1 fully saturated rings. The first-order valence-electron chi connectivity index (χ1n) is 18.5. The molecule has 8 rings (SSSR count). The number of aromatic nitrogens is 4. The molecule has 4 aromatic rings. The predicted octanol–water partition coefficient (Wildman–Crippen LogP) is 8.56. The van der Waals surface area contributed by atoms with E-state index < -0.39 is 0 Å². The van der Waals surface area contributed by atoms with E-state index in [0.717, 1.165) is 37.1 Å². The zero-order valence-electron chi connectivity index (χ0n) is 29.4. The number of nitrogens with zero attached hydrogens (tertiary/aromatic N) is 4. The number of carbonyl (C=O) groups is 2. The van der Waals surface area contributed by atoms with Gasteiger partial charge in [0.15, 0.2) is 11.6 Å². The quantitative estimate of drug-likeness (QED) is 0.221. The second-order valence-electron chi connectivity index (χ2n) is 14.6. The molecule has 4 aliphatic rings. The van der Waals surface area contributed by atoms with Gasteiger partial charge in [-0.05, 0) is 111 Å². The summed E-state index contributed by atoms with van der Waals surface area (Å²) < 4.78 is 0. The van der Waals surface area contributed by atoms with Gasteiger partial charge >= 0.3 is 0 Å². The van der Waals surface area contributed by atoms with Crippen LogP contribution in [0.15, 0.2) is 54.6 Å². The molecule has 8 heteroatoms. The summed E-state index contributed by atoms with van der Waals surface area (Å²) in [7, 11) is 0. The fourth-order valence-corrected chi connectivity index (χ4v) is 8.93. The SMILES string of the molecule is Cc1nc(N)nc2c1C(=O)CC(c1ccccc1C1=CCCCC1)C2.Cc1nc(N)nc2c1C(=O)CC(c1ccccc1C1CCCCC1)C2. The Hall–Kier alpha value is -4.72. The normalized spacial score (nSPS) is 20.6. The van der Waals surface area contributed by atoms with Crippen LogP contribution in [0.2, 0.25) is 0 Å². The number of carbonyl (C=O) groups excluding carboxylic acids is 2.